The Morgan fingerprint density at radius 3 is 2.18 bits per heavy atom. The first-order valence-electron chi connectivity index (χ1n) is 8.20. The van der Waals surface area contributed by atoms with Crippen LogP contribution < -0.4 is 9.44 Å². The number of aromatic nitrogens is 2. The van der Waals surface area contributed by atoms with Crippen molar-refractivity contribution in [3.8, 4) is 0 Å². The predicted octanol–water partition coefficient (Wildman–Crippen LogP) is 2.53. The first-order valence-corrected chi connectivity index (χ1v) is 11.3. The summed E-state index contributed by atoms with van der Waals surface area (Å²) in [4.78, 5) is 7.89. The maximum Gasteiger partial charge on any atom is 0.263 e. The summed E-state index contributed by atoms with van der Waals surface area (Å²) in [6.45, 7) is 1.65. The van der Waals surface area contributed by atoms with Crippen LogP contribution in [0, 0.1) is 6.92 Å². The standard InChI is InChI=1S/C18H18N4O4S2/c1-14-19-12-11-18(20-14)22-28(25,26)17-9-7-16(8-10-17)21-27(23,24)13-15-5-3-2-4-6-15/h2-12,21H,13H2,1H3,(H,19,20,22). The SMILES string of the molecule is Cc1nccc(NS(=O)(=O)c2ccc(NS(=O)(=O)Cc3ccccc3)cc2)n1. The molecule has 2 aromatic carbocycles. The van der Waals surface area contributed by atoms with Crippen LogP contribution in [-0.4, -0.2) is 26.8 Å². The van der Waals surface area contributed by atoms with Crippen LogP contribution in [0.4, 0.5) is 11.5 Å². The third-order valence-electron chi connectivity index (χ3n) is 3.65. The van der Waals surface area contributed by atoms with Crippen molar-refractivity contribution in [1.29, 1.82) is 0 Å². The van der Waals surface area contributed by atoms with E-state index >= 15 is 0 Å². The zero-order valence-electron chi connectivity index (χ0n) is 14.9. The molecule has 0 atom stereocenters. The molecule has 0 spiro atoms. The Labute approximate surface area is 163 Å². The van der Waals surface area contributed by atoms with Gasteiger partial charge in [-0.05, 0) is 42.8 Å². The number of sulfonamides is 2. The summed E-state index contributed by atoms with van der Waals surface area (Å²) >= 11 is 0. The smallest absolute Gasteiger partial charge is 0.263 e. The van der Waals surface area contributed by atoms with Gasteiger partial charge in [-0.3, -0.25) is 9.44 Å². The molecule has 3 rings (SSSR count). The van der Waals surface area contributed by atoms with E-state index in [0.717, 1.165) is 0 Å². The number of aryl methyl sites for hydroxylation is 1. The normalized spacial score (nSPS) is 11.8. The molecule has 3 aromatic rings. The van der Waals surface area contributed by atoms with Crippen molar-refractivity contribution in [3.05, 3.63) is 78.2 Å². The van der Waals surface area contributed by atoms with E-state index in [1.54, 1.807) is 37.3 Å². The summed E-state index contributed by atoms with van der Waals surface area (Å²) in [5.41, 5.74) is 0.923. The van der Waals surface area contributed by atoms with Crippen LogP contribution in [0.1, 0.15) is 11.4 Å². The summed E-state index contributed by atoms with van der Waals surface area (Å²) < 4.78 is 54.2. The lowest BCUT2D eigenvalue weighted by atomic mass is 10.2. The zero-order chi connectivity index (χ0) is 20.2. The Kier molecular flexibility index (Phi) is 5.61. The van der Waals surface area contributed by atoms with Crippen molar-refractivity contribution < 1.29 is 16.8 Å². The monoisotopic (exact) mass is 418 g/mol. The Balaban J connectivity index is 1.72. The van der Waals surface area contributed by atoms with Gasteiger partial charge in [0.2, 0.25) is 10.0 Å². The molecule has 0 aliphatic heterocycles. The molecule has 0 fully saturated rings. The third-order valence-corrected chi connectivity index (χ3v) is 6.28. The maximum atomic E-state index is 12.4. The fourth-order valence-corrected chi connectivity index (χ4v) is 4.62. The second kappa shape index (κ2) is 7.95. The fourth-order valence-electron chi connectivity index (χ4n) is 2.42. The van der Waals surface area contributed by atoms with Gasteiger partial charge < -0.3 is 0 Å². The van der Waals surface area contributed by atoms with Crippen molar-refractivity contribution in [3.63, 3.8) is 0 Å². The van der Waals surface area contributed by atoms with Crippen molar-refractivity contribution in [2.75, 3.05) is 9.44 Å². The second-order valence-corrected chi connectivity index (χ2v) is 9.37. The van der Waals surface area contributed by atoms with Gasteiger partial charge in [-0.15, -0.1) is 0 Å². The van der Waals surface area contributed by atoms with E-state index in [0.29, 0.717) is 11.4 Å². The van der Waals surface area contributed by atoms with E-state index in [1.807, 2.05) is 0 Å². The van der Waals surface area contributed by atoms with Crippen LogP contribution in [0.2, 0.25) is 0 Å². The highest BCUT2D eigenvalue weighted by Gasteiger charge is 2.16. The van der Waals surface area contributed by atoms with Crippen LogP contribution in [0.25, 0.3) is 0 Å². The van der Waals surface area contributed by atoms with Gasteiger partial charge in [0.25, 0.3) is 10.0 Å². The maximum absolute atomic E-state index is 12.4. The number of hydrogen-bond acceptors (Lipinski definition) is 6. The minimum atomic E-state index is -3.86. The minimum Gasteiger partial charge on any atom is -0.283 e. The molecule has 10 heteroatoms. The second-order valence-electron chi connectivity index (χ2n) is 5.97. The molecule has 0 aliphatic rings. The zero-order valence-corrected chi connectivity index (χ0v) is 16.5. The van der Waals surface area contributed by atoms with E-state index in [-0.39, 0.29) is 22.2 Å². The molecule has 0 saturated carbocycles. The van der Waals surface area contributed by atoms with Crippen molar-refractivity contribution in [2.24, 2.45) is 0 Å². The highest BCUT2D eigenvalue weighted by Crippen LogP contribution is 2.19. The lowest BCUT2D eigenvalue weighted by molar-refractivity contribution is 0.599. The highest BCUT2D eigenvalue weighted by molar-refractivity contribution is 7.92. The first kappa shape index (κ1) is 19.8. The van der Waals surface area contributed by atoms with E-state index in [1.165, 1.54) is 36.5 Å². The van der Waals surface area contributed by atoms with E-state index in [9.17, 15) is 16.8 Å². The summed E-state index contributed by atoms with van der Waals surface area (Å²) in [5.74, 6) is 0.409. The lowest BCUT2D eigenvalue weighted by Gasteiger charge is -2.10. The average molecular weight is 419 g/mol. The minimum absolute atomic E-state index is 0.0187. The molecule has 8 nitrogen and oxygen atoms in total. The summed E-state index contributed by atoms with van der Waals surface area (Å²) in [5, 5.41) is 0. The van der Waals surface area contributed by atoms with Gasteiger partial charge in [-0.2, -0.15) is 0 Å². The number of benzene rings is 2. The molecule has 2 N–H and O–H groups in total. The number of nitrogens with one attached hydrogen (secondary N) is 2. The average Bonchev–Trinajstić information content (AvgIpc) is 2.62. The molecule has 146 valence electrons. The van der Waals surface area contributed by atoms with Crippen LogP contribution >= 0.6 is 0 Å². The summed E-state index contributed by atoms with van der Waals surface area (Å²) in [6, 6.07) is 15.6. The molecular formula is C18H18N4O4S2. The largest absolute Gasteiger partial charge is 0.283 e. The molecule has 0 amide bonds. The van der Waals surface area contributed by atoms with Crippen molar-refractivity contribution in [2.45, 2.75) is 17.6 Å². The lowest BCUT2D eigenvalue weighted by Crippen LogP contribution is -2.16. The fraction of sp³-hybridized carbons (Fsp3) is 0.111. The number of anilines is 2. The number of rotatable bonds is 7. The molecular weight excluding hydrogens is 400 g/mol. The summed E-state index contributed by atoms with van der Waals surface area (Å²) in [7, 11) is -7.48. The van der Waals surface area contributed by atoms with E-state index in [4.69, 9.17) is 0 Å². The molecule has 0 radical (unpaired) electrons. The molecule has 1 aromatic heterocycles. The van der Waals surface area contributed by atoms with Crippen LogP contribution in [-0.2, 0) is 25.8 Å². The van der Waals surface area contributed by atoms with Crippen LogP contribution in [0.3, 0.4) is 0 Å². The van der Waals surface area contributed by atoms with Crippen molar-refractivity contribution in [1.82, 2.24) is 9.97 Å². The Hall–Kier alpha value is -2.98. The van der Waals surface area contributed by atoms with Gasteiger partial charge in [-0.25, -0.2) is 26.8 Å². The number of nitrogens with zero attached hydrogens (tertiary/aromatic N) is 2. The molecule has 0 unspecified atom stereocenters. The third kappa shape index (κ3) is 5.27. The first-order chi connectivity index (χ1) is 13.2. The topological polar surface area (TPSA) is 118 Å². The molecule has 0 bridgehead atoms. The van der Waals surface area contributed by atoms with Crippen LogP contribution in [0.15, 0.2) is 71.8 Å². The molecule has 0 aliphatic carbocycles. The van der Waals surface area contributed by atoms with Crippen LogP contribution in [0.5, 0.6) is 0 Å². The highest BCUT2D eigenvalue weighted by atomic mass is 32.2. The van der Waals surface area contributed by atoms with Gasteiger partial charge >= 0.3 is 0 Å². The molecule has 0 saturated heterocycles. The van der Waals surface area contributed by atoms with Crippen molar-refractivity contribution >= 4 is 31.6 Å². The van der Waals surface area contributed by atoms with E-state index < -0.39 is 20.0 Å². The Bertz CT molecular complexity index is 1160. The Morgan fingerprint density at radius 1 is 0.857 bits per heavy atom. The molecule has 28 heavy (non-hydrogen) atoms. The van der Waals surface area contributed by atoms with Gasteiger partial charge in [0.05, 0.1) is 10.6 Å². The quantitative estimate of drug-likeness (QED) is 0.609. The number of hydrogen-bond donors (Lipinski definition) is 2. The van der Waals surface area contributed by atoms with E-state index in [2.05, 4.69) is 19.4 Å². The predicted molar refractivity (Wildman–Crippen MR) is 107 cm³/mol. The molecule has 1 heterocycles. The summed E-state index contributed by atoms with van der Waals surface area (Å²) in [6.07, 6.45) is 1.45. The van der Waals surface area contributed by atoms with Gasteiger partial charge in [0, 0.05) is 11.9 Å². The van der Waals surface area contributed by atoms with Gasteiger partial charge in [0.15, 0.2) is 0 Å². The Morgan fingerprint density at radius 2 is 1.54 bits per heavy atom. The van der Waals surface area contributed by atoms with Gasteiger partial charge in [-0.1, -0.05) is 30.3 Å². The van der Waals surface area contributed by atoms with Gasteiger partial charge in [0.1, 0.15) is 11.6 Å².